The molecule has 0 spiro atoms. The summed E-state index contributed by atoms with van der Waals surface area (Å²) in [4.78, 5) is 0. The monoisotopic (exact) mass is 153 g/mol. The highest BCUT2D eigenvalue weighted by molar-refractivity contribution is 4.96. The lowest BCUT2D eigenvalue weighted by Crippen LogP contribution is -2.45. The molecule has 64 valence electrons. The highest BCUT2D eigenvalue weighted by atomic mass is 14.7. The van der Waals surface area contributed by atoms with Gasteiger partial charge in [-0.3, -0.25) is 0 Å². The van der Waals surface area contributed by atoms with Crippen LogP contribution < -0.4 is 5.73 Å². The maximum atomic E-state index is 6.04. The Kier molecular flexibility index (Phi) is 1.71. The van der Waals surface area contributed by atoms with Gasteiger partial charge < -0.3 is 5.73 Å². The normalized spacial score (nSPS) is 45.8. The highest BCUT2D eigenvalue weighted by Gasteiger charge is 2.42. The predicted octanol–water partition coefficient (Wildman–Crippen LogP) is 2.30. The average molecular weight is 153 g/mol. The second-order valence-electron chi connectivity index (χ2n) is 4.63. The molecule has 0 aromatic carbocycles. The smallest absolute Gasteiger partial charge is 0.00670 e. The summed E-state index contributed by atoms with van der Waals surface area (Å²) >= 11 is 0. The maximum Gasteiger partial charge on any atom is 0.00670 e. The number of hydrogen-bond donors (Lipinski definition) is 1. The first-order valence-electron chi connectivity index (χ1n) is 4.98. The van der Waals surface area contributed by atoms with Crippen LogP contribution >= 0.6 is 0 Å². The molecule has 3 aliphatic carbocycles. The molecule has 0 aromatic heterocycles. The number of nitrogens with two attached hydrogens (primary N) is 1. The van der Waals surface area contributed by atoms with Gasteiger partial charge in [-0.05, 0) is 56.8 Å². The summed E-state index contributed by atoms with van der Waals surface area (Å²) in [6.45, 7) is 2.20. The molecule has 2 N–H and O–H groups in total. The van der Waals surface area contributed by atoms with E-state index in [2.05, 4.69) is 6.92 Å². The van der Waals surface area contributed by atoms with E-state index in [9.17, 15) is 0 Å². The van der Waals surface area contributed by atoms with E-state index < -0.39 is 0 Å². The molecule has 0 amide bonds. The van der Waals surface area contributed by atoms with E-state index in [4.69, 9.17) is 5.73 Å². The minimum atomic E-state index is 0.434. The van der Waals surface area contributed by atoms with Crippen molar-refractivity contribution in [3.05, 3.63) is 0 Å². The van der Waals surface area contributed by atoms with Crippen molar-refractivity contribution in [2.75, 3.05) is 0 Å². The second-order valence-corrected chi connectivity index (χ2v) is 4.63. The van der Waals surface area contributed by atoms with Crippen LogP contribution in [0.15, 0.2) is 0 Å². The van der Waals surface area contributed by atoms with Crippen LogP contribution in [0.5, 0.6) is 0 Å². The van der Waals surface area contributed by atoms with E-state index in [-0.39, 0.29) is 0 Å². The first kappa shape index (κ1) is 7.60. The summed E-state index contributed by atoms with van der Waals surface area (Å²) in [6, 6.07) is 0.434. The fourth-order valence-electron chi connectivity index (χ4n) is 2.97. The molecule has 3 rings (SSSR count). The average Bonchev–Trinajstić information content (AvgIpc) is 2.08. The fourth-order valence-corrected chi connectivity index (χ4v) is 2.97. The molecular weight excluding hydrogens is 134 g/mol. The quantitative estimate of drug-likeness (QED) is 0.614. The Morgan fingerprint density at radius 3 is 1.91 bits per heavy atom. The van der Waals surface area contributed by atoms with Crippen molar-refractivity contribution in [2.45, 2.75) is 51.5 Å². The molecule has 1 unspecified atom stereocenters. The Bertz CT molecular complexity index is 129. The van der Waals surface area contributed by atoms with E-state index in [0.717, 1.165) is 5.92 Å². The van der Waals surface area contributed by atoms with Crippen molar-refractivity contribution in [1.82, 2.24) is 0 Å². The molecule has 3 aliphatic rings. The van der Waals surface area contributed by atoms with Crippen LogP contribution in [0, 0.1) is 11.3 Å². The van der Waals surface area contributed by atoms with Gasteiger partial charge in [-0.25, -0.2) is 0 Å². The molecule has 1 heteroatoms. The van der Waals surface area contributed by atoms with Gasteiger partial charge in [0, 0.05) is 6.04 Å². The standard InChI is InChI=1S/C10H19N/c1-8(11)10-5-2-9(3-6-10)4-7-10/h8-9H,2-7,11H2,1H3. The third-order valence-corrected chi connectivity index (χ3v) is 4.12. The van der Waals surface area contributed by atoms with Crippen molar-refractivity contribution >= 4 is 0 Å². The van der Waals surface area contributed by atoms with Crippen molar-refractivity contribution in [1.29, 1.82) is 0 Å². The van der Waals surface area contributed by atoms with Gasteiger partial charge in [0.2, 0.25) is 0 Å². The van der Waals surface area contributed by atoms with Gasteiger partial charge in [-0.15, -0.1) is 0 Å². The van der Waals surface area contributed by atoms with Crippen molar-refractivity contribution in [3.8, 4) is 0 Å². The number of hydrogen-bond acceptors (Lipinski definition) is 1. The third-order valence-electron chi connectivity index (χ3n) is 4.12. The molecule has 0 aliphatic heterocycles. The summed E-state index contributed by atoms with van der Waals surface area (Å²) in [5.74, 6) is 1.07. The first-order chi connectivity index (χ1) is 5.23. The van der Waals surface area contributed by atoms with Gasteiger partial charge in [-0.1, -0.05) is 0 Å². The molecule has 0 aromatic rings. The minimum Gasteiger partial charge on any atom is -0.327 e. The maximum absolute atomic E-state index is 6.04. The lowest BCUT2D eigenvalue weighted by molar-refractivity contribution is 0.0453. The van der Waals surface area contributed by atoms with Gasteiger partial charge in [0.15, 0.2) is 0 Å². The Balaban J connectivity index is 2.12. The summed E-state index contributed by atoms with van der Waals surface area (Å²) in [7, 11) is 0. The molecule has 1 nitrogen and oxygen atoms in total. The van der Waals surface area contributed by atoms with Crippen LogP contribution in [-0.2, 0) is 0 Å². The SMILES string of the molecule is CC(N)C12CCC(CC1)CC2. The Morgan fingerprint density at radius 1 is 1.18 bits per heavy atom. The Morgan fingerprint density at radius 2 is 1.64 bits per heavy atom. The number of fused-ring (bicyclic) bond motifs is 3. The topological polar surface area (TPSA) is 26.0 Å². The largest absolute Gasteiger partial charge is 0.327 e. The van der Waals surface area contributed by atoms with Crippen LogP contribution in [0.1, 0.15) is 45.4 Å². The van der Waals surface area contributed by atoms with E-state index in [1.54, 1.807) is 0 Å². The highest BCUT2D eigenvalue weighted by Crippen LogP contribution is 2.51. The van der Waals surface area contributed by atoms with Gasteiger partial charge in [0.05, 0.1) is 0 Å². The van der Waals surface area contributed by atoms with Crippen molar-refractivity contribution in [2.24, 2.45) is 17.1 Å². The zero-order valence-corrected chi connectivity index (χ0v) is 7.47. The molecule has 11 heavy (non-hydrogen) atoms. The molecule has 3 fully saturated rings. The lowest BCUT2D eigenvalue weighted by Gasteiger charge is -2.49. The van der Waals surface area contributed by atoms with E-state index in [1.165, 1.54) is 38.5 Å². The zero-order valence-electron chi connectivity index (χ0n) is 7.47. The van der Waals surface area contributed by atoms with Crippen LogP contribution in [-0.4, -0.2) is 6.04 Å². The van der Waals surface area contributed by atoms with E-state index in [0.29, 0.717) is 11.5 Å². The fraction of sp³-hybridized carbons (Fsp3) is 1.00. The van der Waals surface area contributed by atoms with Crippen LogP contribution in [0.3, 0.4) is 0 Å². The van der Waals surface area contributed by atoms with Gasteiger partial charge in [0.25, 0.3) is 0 Å². The summed E-state index contributed by atoms with van der Waals surface area (Å²) in [6.07, 6.45) is 8.62. The summed E-state index contributed by atoms with van der Waals surface area (Å²) in [5, 5.41) is 0. The van der Waals surface area contributed by atoms with E-state index in [1.807, 2.05) is 0 Å². The van der Waals surface area contributed by atoms with Crippen LogP contribution in [0.4, 0.5) is 0 Å². The second kappa shape index (κ2) is 2.48. The van der Waals surface area contributed by atoms with Gasteiger partial charge >= 0.3 is 0 Å². The molecule has 3 saturated carbocycles. The Labute approximate surface area is 69.4 Å². The van der Waals surface area contributed by atoms with Gasteiger partial charge in [0.1, 0.15) is 0 Å². The molecular formula is C10H19N. The van der Waals surface area contributed by atoms with Crippen molar-refractivity contribution < 1.29 is 0 Å². The minimum absolute atomic E-state index is 0.434. The molecule has 0 saturated heterocycles. The van der Waals surface area contributed by atoms with Crippen LogP contribution in [0.25, 0.3) is 0 Å². The van der Waals surface area contributed by atoms with Crippen molar-refractivity contribution in [3.63, 3.8) is 0 Å². The molecule has 2 bridgehead atoms. The summed E-state index contributed by atoms with van der Waals surface area (Å²) in [5.41, 5.74) is 6.60. The van der Waals surface area contributed by atoms with Crippen LogP contribution in [0.2, 0.25) is 0 Å². The Hall–Kier alpha value is -0.0400. The molecule has 0 heterocycles. The predicted molar refractivity (Wildman–Crippen MR) is 47.3 cm³/mol. The lowest BCUT2D eigenvalue weighted by atomic mass is 9.58. The third kappa shape index (κ3) is 1.10. The summed E-state index contributed by atoms with van der Waals surface area (Å²) < 4.78 is 0. The van der Waals surface area contributed by atoms with E-state index >= 15 is 0 Å². The zero-order chi connectivity index (χ0) is 7.90. The molecule has 1 atom stereocenters. The number of rotatable bonds is 1. The molecule has 0 radical (unpaired) electrons. The first-order valence-corrected chi connectivity index (χ1v) is 4.98. The van der Waals surface area contributed by atoms with Gasteiger partial charge in [-0.2, -0.15) is 0 Å².